The van der Waals surface area contributed by atoms with Crippen molar-refractivity contribution in [1.29, 1.82) is 0 Å². The molecule has 1 heterocycles. The van der Waals surface area contributed by atoms with Gasteiger partial charge in [-0.2, -0.15) is 0 Å². The molecule has 2 aromatic carbocycles. The Morgan fingerprint density at radius 1 is 0.975 bits per heavy atom. The molecule has 40 heavy (non-hydrogen) atoms. The molecule has 0 saturated carbocycles. The zero-order chi connectivity index (χ0) is 29.5. The molecular formula is C32H48N2O5Si. The van der Waals surface area contributed by atoms with E-state index in [9.17, 15) is 9.59 Å². The predicted octanol–water partition coefficient (Wildman–Crippen LogP) is 7.71. The molecule has 3 rings (SSSR count). The lowest BCUT2D eigenvalue weighted by Gasteiger charge is -2.36. The van der Waals surface area contributed by atoms with Crippen LogP contribution in [0.4, 0.5) is 10.5 Å². The SMILES string of the molecule is CCCCCC(OCc1ccc(OC)cc1)c1ccc(N2C(=O)N(C)C(=O)C2CCO[Si](C)(C)C(C)(C)C)cc1. The third-order valence-electron chi connectivity index (χ3n) is 8.30. The smallest absolute Gasteiger partial charge is 0.331 e. The molecule has 1 aliphatic heterocycles. The van der Waals surface area contributed by atoms with Crippen LogP contribution in [-0.4, -0.2) is 52.0 Å². The van der Waals surface area contributed by atoms with Crippen LogP contribution in [-0.2, 0) is 20.6 Å². The largest absolute Gasteiger partial charge is 0.497 e. The van der Waals surface area contributed by atoms with Gasteiger partial charge in [-0.1, -0.05) is 71.2 Å². The second-order valence-corrected chi connectivity index (χ2v) is 17.0. The van der Waals surface area contributed by atoms with Crippen LogP contribution in [0.2, 0.25) is 18.1 Å². The van der Waals surface area contributed by atoms with E-state index >= 15 is 0 Å². The van der Waals surface area contributed by atoms with E-state index in [1.165, 1.54) is 4.90 Å². The third kappa shape index (κ3) is 7.74. The average molecular weight is 569 g/mol. The molecule has 8 heteroatoms. The topological polar surface area (TPSA) is 68.3 Å². The highest BCUT2D eigenvalue weighted by molar-refractivity contribution is 6.74. The molecular weight excluding hydrogens is 520 g/mol. The minimum absolute atomic E-state index is 0.0601. The standard InChI is InChI=1S/C32H48N2O5Si/c1-9-10-11-12-29(38-23-24-13-19-27(37-6)20-14-24)25-15-17-26(18-16-25)34-28(30(35)33(5)31(34)36)21-22-39-40(7,8)32(2,3)4/h13-20,28-29H,9-12,21-23H2,1-8H3. The van der Waals surface area contributed by atoms with Gasteiger partial charge in [0.05, 0.1) is 19.8 Å². The summed E-state index contributed by atoms with van der Waals surface area (Å²) in [4.78, 5) is 29.0. The van der Waals surface area contributed by atoms with E-state index in [2.05, 4.69) is 40.8 Å². The van der Waals surface area contributed by atoms with Gasteiger partial charge in [0.2, 0.25) is 0 Å². The predicted molar refractivity (Wildman–Crippen MR) is 163 cm³/mol. The average Bonchev–Trinajstić information content (AvgIpc) is 3.13. The monoisotopic (exact) mass is 568 g/mol. The van der Waals surface area contributed by atoms with Crippen molar-refractivity contribution < 1.29 is 23.5 Å². The number of unbranched alkanes of at least 4 members (excludes halogenated alkanes) is 2. The molecule has 1 saturated heterocycles. The van der Waals surface area contributed by atoms with Gasteiger partial charge in [0, 0.05) is 19.3 Å². The minimum atomic E-state index is -1.95. The van der Waals surface area contributed by atoms with Crippen LogP contribution in [0.5, 0.6) is 5.75 Å². The molecule has 7 nitrogen and oxygen atoms in total. The molecule has 1 aliphatic rings. The molecule has 0 aromatic heterocycles. The molecule has 0 N–H and O–H groups in total. The molecule has 2 atom stereocenters. The van der Waals surface area contributed by atoms with Crippen molar-refractivity contribution in [1.82, 2.24) is 4.90 Å². The molecule has 2 unspecified atom stereocenters. The number of methoxy groups -OCH3 is 1. The van der Waals surface area contributed by atoms with E-state index < -0.39 is 14.4 Å². The fourth-order valence-corrected chi connectivity index (χ4v) is 5.66. The summed E-state index contributed by atoms with van der Waals surface area (Å²) >= 11 is 0. The van der Waals surface area contributed by atoms with Gasteiger partial charge in [-0.3, -0.25) is 14.6 Å². The van der Waals surface area contributed by atoms with Crippen molar-refractivity contribution >= 4 is 25.9 Å². The minimum Gasteiger partial charge on any atom is -0.497 e. The number of anilines is 1. The van der Waals surface area contributed by atoms with E-state index in [-0.39, 0.29) is 23.1 Å². The van der Waals surface area contributed by atoms with Gasteiger partial charge in [0.25, 0.3) is 5.91 Å². The van der Waals surface area contributed by atoms with Crippen LogP contribution in [0.25, 0.3) is 0 Å². The first-order valence-electron chi connectivity index (χ1n) is 14.5. The number of carbonyl (C=O) groups is 2. The summed E-state index contributed by atoms with van der Waals surface area (Å²) in [7, 11) is 1.26. The van der Waals surface area contributed by atoms with Crippen molar-refractivity contribution in [2.45, 2.75) is 96.7 Å². The van der Waals surface area contributed by atoms with Crippen LogP contribution in [0.3, 0.4) is 0 Å². The Balaban J connectivity index is 1.74. The highest BCUT2D eigenvalue weighted by Crippen LogP contribution is 2.37. The molecule has 0 radical (unpaired) electrons. The summed E-state index contributed by atoms with van der Waals surface area (Å²) < 4.78 is 18.0. The van der Waals surface area contributed by atoms with Crippen molar-refractivity contribution in [2.24, 2.45) is 0 Å². The van der Waals surface area contributed by atoms with Crippen LogP contribution in [0, 0.1) is 0 Å². The second kappa shape index (κ2) is 13.8. The van der Waals surface area contributed by atoms with Gasteiger partial charge >= 0.3 is 6.03 Å². The lowest BCUT2D eigenvalue weighted by atomic mass is 10.0. The first-order chi connectivity index (χ1) is 18.9. The Morgan fingerprint density at radius 3 is 2.20 bits per heavy atom. The molecule has 0 spiro atoms. The zero-order valence-electron chi connectivity index (χ0n) is 25.7. The maximum atomic E-state index is 13.1. The van der Waals surface area contributed by atoms with Crippen molar-refractivity contribution in [3.05, 3.63) is 59.7 Å². The van der Waals surface area contributed by atoms with E-state index in [0.29, 0.717) is 25.3 Å². The van der Waals surface area contributed by atoms with Gasteiger partial charge in [-0.25, -0.2) is 4.79 Å². The normalized spacial score (nSPS) is 17.1. The van der Waals surface area contributed by atoms with E-state index in [0.717, 1.165) is 42.6 Å². The lowest BCUT2D eigenvalue weighted by molar-refractivity contribution is -0.126. The number of urea groups is 1. The number of carbonyl (C=O) groups excluding carboxylic acids is 2. The van der Waals surface area contributed by atoms with E-state index in [1.807, 2.05) is 48.5 Å². The Hall–Kier alpha value is -2.68. The summed E-state index contributed by atoms with van der Waals surface area (Å²) in [6, 6.07) is 15.0. The molecule has 2 aromatic rings. The van der Waals surface area contributed by atoms with Gasteiger partial charge < -0.3 is 13.9 Å². The number of amides is 3. The van der Waals surface area contributed by atoms with Crippen LogP contribution in [0.1, 0.15) is 77.0 Å². The number of nitrogens with zero attached hydrogens (tertiary/aromatic N) is 2. The maximum absolute atomic E-state index is 13.1. The Bertz CT molecular complexity index is 1110. The Kier molecular flexibility index (Phi) is 11.0. The Morgan fingerprint density at radius 2 is 1.62 bits per heavy atom. The third-order valence-corrected chi connectivity index (χ3v) is 12.8. The second-order valence-electron chi connectivity index (χ2n) is 12.2. The fraction of sp³-hybridized carbons (Fsp3) is 0.562. The molecule has 0 bridgehead atoms. The number of likely N-dealkylation sites (N-methyl/N-ethyl adjacent to an activating group) is 1. The Labute approximate surface area is 241 Å². The summed E-state index contributed by atoms with van der Waals surface area (Å²) in [5.74, 6) is 0.637. The van der Waals surface area contributed by atoms with Crippen LogP contribution >= 0.6 is 0 Å². The van der Waals surface area contributed by atoms with Crippen LogP contribution < -0.4 is 9.64 Å². The summed E-state index contributed by atoms with van der Waals surface area (Å²) in [6.07, 6.45) is 4.69. The highest BCUT2D eigenvalue weighted by Gasteiger charge is 2.44. The number of hydrogen-bond donors (Lipinski definition) is 0. The summed E-state index contributed by atoms with van der Waals surface area (Å²) in [5.41, 5.74) is 2.87. The summed E-state index contributed by atoms with van der Waals surface area (Å²) in [5, 5.41) is 0.0813. The van der Waals surface area contributed by atoms with Gasteiger partial charge in [0.15, 0.2) is 8.32 Å². The van der Waals surface area contributed by atoms with Crippen molar-refractivity contribution in [3.63, 3.8) is 0 Å². The van der Waals surface area contributed by atoms with E-state index in [1.54, 1.807) is 19.1 Å². The maximum Gasteiger partial charge on any atom is 0.331 e. The van der Waals surface area contributed by atoms with E-state index in [4.69, 9.17) is 13.9 Å². The number of imide groups is 1. The molecule has 0 aliphatic carbocycles. The quantitative estimate of drug-likeness (QED) is 0.133. The number of hydrogen-bond acceptors (Lipinski definition) is 5. The molecule has 1 fully saturated rings. The fourth-order valence-electron chi connectivity index (χ4n) is 4.60. The van der Waals surface area contributed by atoms with Crippen molar-refractivity contribution in [3.8, 4) is 5.75 Å². The number of ether oxygens (including phenoxy) is 2. The zero-order valence-corrected chi connectivity index (χ0v) is 26.7. The first-order valence-corrected chi connectivity index (χ1v) is 17.4. The van der Waals surface area contributed by atoms with Crippen LogP contribution in [0.15, 0.2) is 48.5 Å². The van der Waals surface area contributed by atoms with Gasteiger partial charge in [-0.15, -0.1) is 0 Å². The number of rotatable bonds is 14. The molecule has 3 amide bonds. The highest BCUT2D eigenvalue weighted by atomic mass is 28.4. The van der Waals surface area contributed by atoms with Gasteiger partial charge in [0.1, 0.15) is 11.8 Å². The van der Waals surface area contributed by atoms with Gasteiger partial charge in [-0.05, 0) is 66.4 Å². The first kappa shape index (κ1) is 31.8. The number of benzene rings is 2. The summed E-state index contributed by atoms with van der Waals surface area (Å²) in [6.45, 7) is 14.1. The molecule has 220 valence electrons. The lowest BCUT2D eigenvalue weighted by Crippen LogP contribution is -2.42. The van der Waals surface area contributed by atoms with Crippen molar-refractivity contribution in [2.75, 3.05) is 25.7 Å².